The van der Waals surface area contributed by atoms with Crippen molar-refractivity contribution in [1.29, 1.82) is 0 Å². The van der Waals surface area contributed by atoms with E-state index in [9.17, 15) is 12.8 Å². The molecule has 2 N–H and O–H groups in total. The lowest BCUT2D eigenvalue weighted by atomic mass is 10.2. The molecule has 18 heavy (non-hydrogen) atoms. The van der Waals surface area contributed by atoms with Crippen LogP contribution in [0.5, 0.6) is 0 Å². The van der Waals surface area contributed by atoms with Gasteiger partial charge in [-0.05, 0) is 25.5 Å². The Morgan fingerprint density at radius 1 is 1.50 bits per heavy atom. The lowest BCUT2D eigenvalue weighted by Gasteiger charge is -2.15. The number of hydrogen-bond acceptors (Lipinski definition) is 4. The first-order valence-corrected chi connectivity index (χ1v) is 7.49. The van der Waals surface area contributed by atoms with Gasteiger partial charge in [-0.1, -0.05) is 6.07 Å². The lowest BCUT2D eigenvalue weighted by Crippen LogP contribution is -2.29. The van der Waals surface area contributed by atoms with Gasteiger partial charge in [-0.3, -0.25) is 0 Å². The van der Waals surface area contributed by atoms with Crippen molar-refractivity contribution >= 4 is 15.5 Å². The van der Waals surface area contributed by atoms with Crippen LogP contribution in [0.25, 0.3) is 0 Å². The Hall–Kier alpha value is -1.14. The number of ether oxygens (including phenoxy) is 1. The Morgan fingerprint density at radius 3 is 2.78 bits per heavy atom. The summed E-state index contributed by atoms with van der Waals surface area (Å²) in [6.07, 6.45) is 0.145. The van der Waals surface area contributed by atoms with E-state index in [1.807, 2.05) is 0 Å². The van der Waals surface area contributed by atoms with Crippen molar-refractivity contribution in [1.82, 2.24) is 0 Å². The molecule has 2 rings (SSSR count). The second kappa shape index (κ2) is 4.85. The summed E-state index contributed by atoms with van der Waals surface area (Å²) in [6.45, 7) is 2.17. The highest BCUT2D eigenvalue weighted by Gasteiger charge is 2.36. The van der Waals surface area contributed by atoms with Gasteiger partial charge < -0.3 is 10.5 Å². The molecule has 2 atom stereocenters. The van der Waals surface area contributed by atoms with Crippen molar-refractivity contribution in [2.24, 2.45) is 0 Å². The van der Waals surface area contributed by atoms with E-state index in [1.54, 1.807) is 6.92 Å². The Labute approximate surface area is 106 Å². The predicted molar refractivity (Wildman–Crippen MR) is 67.3 cm³/mol. The molecule has 0 aromatic heterocycles. The minimum Gasteiger partial charge on any atom is -0.399 e. The molecule has 1 saturated heterocycles. The first-order chi connectivity index (χ1) is 8.40. The standard InChI is InChI=1S/C12H16FNO3S/c1-8-12(4-5-17-8)18(15,16)7-9-2-3-10(14)6-11(9)13/h2-3,6,8,12H,4-5,7,14H2,1H3. The van der Waals surface area contributed by atoms with Crippen LogP contribution in [0, 0.1) is 5.82 Å². The molecule has 0 amide bonds. The number of nitrogen functional groups attached to an aromatic ring is 1. The Morgan fingerprint density at radius 2 is 2.22 bits per heavy atom. The van der Waals surface area contributed by atoms with Crippen molar-refractivity contribution in [3.63, 3.8) is 0 Å². The molecule has 1 aromatic carbocycles. The highest BCUT2D eigenvalue weighted by Crippen LogP contribution is 2.25. The third-order valence-corrected chi connectivity index (χ3v) is 5.46. The summed E-state index contributed by atoms with van der Waals surface area (Å²) in [5.74, 6) is -0.887. The van der Waals surface area contributed by atoms with Crippen LogP contribution >= 0.6 is 0 Å². The molecule has 0 bridgehead atoms. The van der Waals surface area contributed by atoms with Gasteiger partial charge in [-0.15, -0.1) is 0 Å². The zero-order chi connectivity index (χ0) is 13.3. The molecule has 6 heteroatoms. The molecular weight excluding hydrogens is 257 g/mol. The molecule has 100 valence electrons. The smallest absolute Gasteiger partial charge is 0.160 e. The van der Waals surface area contributed by atoms with E-state index < -0.39 is 20.9 Å². The maximum Gasteiger partial charge on any atom is 0.160 e. The summed E-state index contributed by atoms with van der Waals surface area (Å²) in [6, 6.07) is 4.06. The number of nitrogens with two attached hydrogens (primary N) is 1. The number of sulfone groups is 1. The topological polar surface area (TPSA) is 69.4 Å². The Bertz CT molecular complexity index is 544. The van der Waals surface area contributed by atoms with Crippen LogP contribution < -0.4 is 5.73 Å². The first-order valence-electron chi connectivity index (χ1n) is 5.77. The van der Waals surface area contributed by atoms with E-state index in [0.717, 1.165) is 6.07 Å². The average molecular weight is 273 g/mol. The average Bonchev–Trinajstić information content (AvgIpc) is 2.69. The molecule has 1 aliphatic heterocycles. The van der Waals surface area contributed by atoms with Crippen LogP contribution in [0.3, 0.4) is 0 Å². The van der Waals surface area contributed by atoms with Crippen LogP contribution in [0.15, 0.2) is 18.2 Å². The molecule has 1 aromatic rings. The van der Waals surface area contributed by atoms with Gasteiger partial charge in [0.05, 0.1) is 17.1 Å². The molecule has 0 saturated carbocycles. The third-order valence-electron chi connectivity index (χ3n) is 3.20. The second-order valence-corrected chi connectivity index (χ2v) is 6.78. The van der Waals surface area contributed by atoms with Gasteiger partial charge in [0.25, 0.3) is 0 Å². The van der Waals surface area contributed by atoms with Crippen LogP contribution in [-0.4, -0.2) is 26.4 Å². The van der Waals surface area contributed by atoms with E-state index >= 15 is 0 Å². The fourth-order valence-corrected chi connectivity index (χ4v) is 4.19. The van der Waals surface area contributed by atoms with Gasteiger partial charge in [-0.25, -0.2) is 12.8 Å². The van der Waals surface area contributed by atoms with Gasteiger partial charge in [0, 0.05) is 17.9 Å². The van der Waals surface area contributed by atoms with Crippen LogP contribution in [-0.2, 0) is 20.3 Å². The van der Waals surface area contributed by atoms with E-state index in [2.05, 4.69) is 0 Å². The minimum absolute atomic E-state index is 0.156. The molecule has 0 radical (unpaired) electrons. The van der Waals surface area contributed by atoms with Gasteiger partial charge in [0.15, 0.2) is 9.84 Å². The largest absolute Gasteiger partial charge is 0.399 e. The maximum atomic E-state index is 13.6. The summed E-state index contributed by atoms with van der Waals surface area (Å²) in [7, 11) is -3.40. The van der Waals surface area contributed by atoms with Crippen molar-refractivity contribution in [2.75, 3.05) is 12.3 Å². The van der Waals surface area contributed by atoms with Crippen LogP contribution in [0.1, 0.15) is 18.9 Å². The van der Waals surface area contributed by atoms with Crippen molar-refractivity contribution < 1.29 is 17.5 Å². The first kappa shape index (κ1) is 13.3. The number of hydrogen-bond donors (Lipinski definition) is 1. The fourth-order valence-electron chi connectivity index (χ4n) is 2.19. The second-order valence-electron chi connectivity index (χ2n) is 4.56. The summed E-state index contributed by atoms with van der Waals surface area (Å²) in [4.78, 5) is 0. The Kier molecular flexibility index (Phi) is 3.59. The molecule has 1 fully saturated rings. The molecular formula is C12H16FNO3S. The monoisotopic (exact) mass is 273 g/mol. The summed E-state index contributed by atoms with van der Waals surface area (Å²) in [5, 5.41) is -0.547. The minimum atomic E-state index is -3.40. The molecule has 4 nitrogen and oxygen atoms in total. The van der Waals surface area contributed by atoms with Gasteiger partial charge in [0.2, 0.25) is 0 Å². The lowest BCUT2D eigenvalue weighted by molar-refractivity contribution is 0.126. The SMILES string of the molecule is CC1OCCC1S(=O)(=O)Cc1ccc(N)cc1F. The Balaban J connectivity index is 2.22. The molecule has 0 aliphatic carbocycles. The molecule has 1 heterocycles. The molecule has 1 aliphatic rings. The van der Waals surface area contributed by atoms with Crippen LogP contribution in [0.2, 0.25) is 0 Å². The van der Waals surface area contributed by atoms with Crippen molar-refractivity contribution in [2.45, 2.75) is 30.5 Å². The normalized spacial score (nSPS) is 24.3. The summed E-state index contributed by atoms with van der Waals surface area (Å²) >= 11 is 0. The van der Waals surface area contributed by atoms with E-state index in [0.29, 0.717) is 13.0 Å². The number of rotatable bonds is 3. The maximum absolute atomic E-state index is 13.6. The molecule has 0 spiro atoms. The van der Waals surface area contributed by atoms with E-state index in [4.69, 9.17) is 10.5 Å². The zero-order valence-electron chi connectivity index (χ0n) is 10.1. The van der Waals surface area contributed by atoms with Gasteiger partial charge >= 0.3 is 0 Å². The molecule has 2 unspecified atom stereocenters. The predicted octanol–water partition coefficient (Wildman–Crippen LogP) is 1.50. The van der Waals surface area contributed by atoms with E-state index in [1.165, 1.54) is 12.1 Å². The summed E-state index contributed by atoms with van der Waals surface area (Å²) < 4.78 is 43.2. The van der Waals surface area contributed by atoms with Crippen molar-refractivity contribution in [3.8, 4) is 0 Å². The quantitative estimate of drug-likeness (QED) is 0.847. The van der Waals surface area contributed by atoms with Crippen molar-refractivity contribution in [3.05, 3.63) is 29.6 Å². The summed E-state index contributed by atoms with van der Waals surface area (Å²) in [5.41, 5.74) is 5.87. The number of benzene rings is 1. The van der Waals surface area contributed by atoms with Gasteiger partial charge in [-0.2, -0.15) is 0 Å². The fraction of sp³-hybridized carbons (Fsp3) is 0.500. The highest BCUT2D eigenvalue weighted by molar-refractivity contribution is 7.91. The highest BCUT2D eigenvalue weighted by atomic mass is 32.2. The number of halogens is 1. The van der Waals surface area contributed by atoms with Crippen LogP contribution in [0.4, 0.5) is 10.1 Å². The number of anilines is 1. The van der Waals surface area contributed by atoms with Gasteiger partial charge in [0.1, 0.15) is 5.82 Å². The van der Waals surface area contributed by atoms with E-state index in [-0.39, 0.29) is 23.1 Å². The zero-order valence-corrected chi connectivity index (χ0v) is 10.9. The third kappa shape index (κ3) is 2.64.